The van der Waals surface area contributed by atoms with Crippen molar-refractivity contribution in [1.82, 2.24) is 19.9 Å². The van der Waals surface area contributed by atoms with Gasteiger partial charge in [0, 0.05) is 38.4 Å². The summed E-state index contributed by atoms with van der Waals surface area (Å²) in [7, 11) is 0. The Balaban J connectivity index is 1.23. The first-order valence-electron chi connectivity index (χ1n) is 16.4. The number of benzene rings is 6. The van der Waals surface area contributed by atoms with Gasteiger partial charge < -0.3 is 0 Å². The zero-order valence-corrected chi connectivity index (χ0v) is 26.2. The smallest absolute Gasteiger partial charge is 0.164 e. The fourth-order valence-electron chi connectivity index (χ4n) is 6.80. The fourth-order valence-corrected chi connectivity index (χ4v) is 6.80. The van der Waals surface area contributed by atoms with Gasteiger partial charge in [0.25, 0.3) is 0 Å². The molecule has 2 aromatic heterocycles. The minimum absolute atomic E-state index is 0.652. The molecule has 0 spiro atoms. The van der Waals surface area contributed by atoms with Crippen molar-refractivity contribution in [1.29, 1.82) is 0 Å². The summed E-state index contributed by atoms with van der Waals surface area (Å²) in [4.78, 5) is 20.1. The van der Waals surface area contributed by atoms with E-state index in [9.17, 15) is 0 Å². The second kappa shape index (κ2) is 11.8. The molecule has 0 aliphatic heterocycles. The van der Waals surface area contributed by atoms with Crippen molar-refractivity contribution in [3.63, 3.8) is 0 Å². The Hall–Kier alpha value is -6.26. The van der Waals surface area contributed by atoms with E-state index in [2.05, 4.69) is 127 Å². The number of para-hydroxylation sites is 1. The van der Waals surface area contributed by atoms with Crippen LogP contribution in [0.4, 0.5) is 0 Å². The first-order chi connectivity index (χ1) is 23.8. The highest BCUT2D eigenvalue weighted by Crippen LogP contribution is 2.41. The second-order valence-corrected chi connectivity index (χ2v) is 12.1. The molecule has 1 aliphatic rings. The SMILES string of the molecule is C1=CC(c2nc(-c3ccccc3)nc(-c3ccc(-c4nc5ccccc5c5c4cc(-c4ccccc4)c4ccccc45)cc3)n2)=CCC1. The van der Waals surface area contributed by atoms with E-state index in [4.69, 9.17) is 19.9 Å². The van der Waals surface area contributed by atoms with Crippen LogP contribution in [0.5, 0.6) is 0 Å². The molecule has 0 saturated heterocycles. The number of allylic oxidation sites excluding steroid dienone is 4. The van der Waals surface area contributed by atoms with Gasteiger partial charge in [0.1, 0.15) is 0 Å². The van der Waals surface area contributed by atoms with Gasteiger partial charge in [-0.25, -0.2) is 19.9 Å². The molecular formula is C44H30N4. The Kier molecular flexibility index (Phi) is 6.90. The maximum Gasteiger partial charge on any atom is 0.164 e. The Morgan fingerprint density at radius 2 is 1.00 bits per heavy atom. The summed E-state index contributed by atoms with van der Waals surface area (Å²) in [5.41, 5.74) is 8.29. The molecule has 0 radical (unpaired) electrons. The molecule has 0 unspecified atom stereocenters. The van der Waals surface area contributed by atoms with Gasteiger partial charge >= 0.3 is 0 Å². The van der Waals surface area contributed by atoms with Crippen molar-refractivity contribution in [3.05, 3.63) is 164 Å². The third-order valence-electron chi connectivity index (χ3n) is 9.13. The van der Waals surface area contributed by atoms with Gasteiger partial charge in [-0.05, 0) is 46.9 Å². The standard InChI is InChI=1S/C44H30N4/c1-4-14-29(15-5-1)37-28-38-40(35-21-11-10-20-34(35)37)36-22-12-13-23-39(36)45-41(38)30-24-26-33(27-25-30)44-47-42(31-16-6-2-7-17-31)46-43(48-44)32-18-8-3-9-19-32/h1-2,4-8,10-28H,3,9H2. The molecule has 0 bridgehead atoms. The zero-order valence-electron chi connectivity index (χ0n) is 26.2. The average Bonchev–Trinajstić information content (AvgIpc) is 3.18. The Labute approximate surface area is 278 Å². The van der Waals surface area contributed by atoms with Gasteiger partial charge in [-0.15, -0.1) is 0 Å². The normalized spacial score (nSPS) is 12.9. The largest absolute Gasteiger partial charge is 0.247 e. The quantitative estimate of drug-likeness (QED) is 0.181. The van der Waals surface area contributed by atoms with Crippen LogP contribution in [0, 0.1) is 0 Å². The molecule has 4 nitrogen and oxygen atoms in total. The summed E-state index contributed by atoms with van der Waals surface area (Å²) >= 11 is 0. The molecule has 8 aromatic rings. The van der Waals surface area contributed by atoms with E-state index in [-0.39, 0.29) is 0 Å². The molecule has 0 saturated carbocycles. The molecule has 0 amide bonds. The lowest BCUT2D eigenvalue weighted by Gasteiger charge is -2.16. The summed E-state index contributed by atoms with van der Waals surface area (Å²) in [5.74, 6) is 2.02. The highest BCUT2D eigenvalue weighted by molar-refractivity contribution is 6.25. The lowest BCUT2D eigenvalue weighted by atomic mass is 9.90. The maximum atomic E-state index is 5.29. The van der Waals surface area contributed by atoms with Crippen molar-refractivity contribution in [3.8, 4) is 45.2 Å². The van der Waals surface area contributed by atoms with Crippen LogP contribution in [0.2, 0.25) is 0 Å². The molecular weight excluding hydrogens is 585 g/mol. The summed E-state index contributed by atoms with van der Waals surface area (Å²) < 4.78 is 0. The molecule has 0 N–H and O–H groups in total. The van der Waals surface area contributed by atoms with E-state index in [0.29, 0.717) is 17.5 Å². The van der Waals surface area contributed by atoms with Crippen molar-refractivity contribution >= 4 is 38.0 Å². The fraction of sp³-hybridized carbons (Fsp3) is 0.0455. The summed E-state index contributed by atoms with van der Waals surface area (Å²) in [5, 5.41) is 5.96. The van der Waals surface area contributed by atoms with Crippen molar-refractivity contribution in [2.75, 3.05) is 0 Å². The van der Waals surface area contributed by atoms with E-state index < -0.39 is 0 Å². The number of fused-ring (bicyclic) bond motifs is 5. The van der Waals surface area contributed by atoms with Crippen LogP contribution in [-0.2, 0) is 0 Å². The van der Waals surface area contributed by atoms with Gasteiger partial charge in [0.15, 0.2) is 17.5 Å². The van der Waals surface area contributed by atoms with E-state index in [1.54, 1.807) is 0 Å². The van der Waals surface area contributed by atoms with E-state index in [1.165, 1.54) is 27.3 Å². The second-order valence-electron chi connectivity index (χ2n) is 12.1. The summed E-state index contributed by atoms with van der Waals surface area (Å²) in [6.07, 6.45) is 8.53. The van der Waals surface area contributed by atoms with Crippen LogP contribution in [0.1, 0.15) is 18.7 Å². The third kappa shape index (κ3) is 4.95. The monoisotopic (exact) mass is 614 g/mol. The summed E-state index contributed by atoms with van der Waals surface area (Å²) in [6.45, 7) is 0. The van der Waals surface area contributed by atoms with Crippen LogP contribution in [0.15, 0.2) is 158 Å². The van der Waals surface area contributed by atoms with Crippen molar-refractivity contribution < 1.29 is 0 Å². The van der Waals surface area contributed by atoms with E-state index in [0.717, 1.165) is 57.1 Å². The van der Waals surface area contributed by atoms with Gasteiger partial charge in [-0.3, -0.25) is 0 Å². The first kappa shape index (κ1) is 28.0. The number of pyridine rings is 1. The molecule has 226 valence electrons. The lowest BCUT2D eigenvalue weighted by Crippen LogP contribution is -2.03. The van der Waals surface area contributed by atoms with Crippen LogP contribution in [-0.4, -0.2) is 19.9 Å². The van der Waals surface area contributed by atoms with Crippen LogP contribution in [0.3, 0.4) is 0 Å². The van der Waals surface area contributed by atoms with E-state index >= 15 is 0 Å². The predicted molar refractivity (Wildman–Crippen MR) is 198 cm³/mol. The molecule has 2 heterocycles. The number of rotatable bonds is 5. The van der Waals surface area contributed by atoms with Gasteiger partial charge in [-0.2, -0.15) is 0 Å². The molecule has 48 heavy (non-hydrogen) atoms. The lowest BCUT2D eigenvalue weighted by molar-refractivity contribution is 1.01. The van der Waals surface area contributed by atoms with Crippen LogP contribution in [0.25, 0.3) is 83.2 Å². The number of hydrogen-bond donors (Lipinski definition) is 0. The topological polar surface area (TPSA) is 51.6 Å². The van der Waals surface area contributed by atoms with E-state index in [1.807, 2.05) is 30.3 Å². The molecule has 1 aliphatic carbocycles. The predicted octanol–water partition coefficient (Wildman–Crippen LogP) is 11.1. The molecule has 4 heteroatoms. The minimum atomic E-state index is 0.652. The van der Waals surface area contributed by atoms with Crippen LogP contribution < -0.4 is 0 Å². The van der Waals surface area contributed by atoms with Gasteiger partial charge in [0.2, 0.25) is 0 Å². The highest BCUT2D eigenvalue weighted by Gasteiger charge is 2.18. The Morgan fingerprint density at radius 1 is 0.417 bits per heavy atom. The summed E-state index contributed by atoms with van der Waals surface area (Å²) in [6, 6.07) is 48.8. The number of nitrogens with zero attached hydrogens (tertiary/aromatic N) is 4. The van der Waals surface area contributed by atoms with Crippen molar-refractivity contribution in [2.45, 2.75) is 12.8 Å². The first-order valence-corrected chi connectivity index (χ1v) is 16.4. The minimum Gasteiger partial charge on any atom is -0.247 e. The highest BCUT2D eigenvalue weighted by atomic mass is 15.0. The number of aromatic nitrogens is 4. The average molecular weight is 615 g/mol. The Bertz CT molecular complexity index is 2530. The third-order valence-corrected chi connectivity index (χ3v) is 9.13. The molecule has 6 aromatic carbocycles. The molecule has 9 rings (SSSR count). The van der Waals surface area contributed by atoms with Crippen LogP contribution >= 0.6 is 0 Å². The maximum absolute atomic E-state index is 5.29. The molecule has 0 atom stereocenters. The molecule has 0 fully saturated rings. The number of hydrogen-bond acceptors (Lipinski definition) is 4. The Morgan fingerprint density at radius 3 is 1.71 bits per heavy atom. The van der Waals surface area contributed by atoms with Gasteiger partial charge in [-0.1, -0.05) is 146 Å². The van der Waals surface area contributed by atoms with Crippen molar-refractivity contribution in [2.24, 2.45) is 0 Å². The zero-order chi connectivity index (χ0) is 31.9. The van der Waals surface area contributed by atoms with Gasteiger partial charge in [0.05, 0.1) is 11.2 Å².